The molecule has 0 atom stereocenters. The number of aromatic carboxylic acids is 1. The molecular weight excluding hydrogens is 1060 g/mol. The number of aromatic amines is 1. The number of H-pyrrole nitrogens is 1. The number of nitrogens with zero attached hydrogens (tertiary/aromatic N) is 4. The molecule has 1 aliphatic carbocycles. The number of hydrogen-bond acceptors (Lipinski definition) is 11. The SMILES string of the molecule is [CH2-]CCCc1cc2c(-c3cc(C(=O)NCCCCCCNC(=O)CN4CCC(Oc5ccc6c(c5)CN(c5cn[nH]c(=O)c5C(F)(F)F)C6)CC4)ccc3C(=O)[O-])c3cc4c5c(c3oc-2c(CC[CH2-])[c]1=[Ni])CCCN5CCCC4. The van der Waals surface area contributed by atoms with Gasteiger partial charge in [0.2, 0.25) is 5.91 Å². The van der Waals surface area contributed by atoms with Gasteiger partial charge in [-0.1, -0.05) is 18.9 Å². The van der Waals surface area contributed by atoms with E-state index in [0.717, 1.165) is 145 Å². The van der Waals surface area contributed by atoms with Crippen molar-refractivity contribution in [1.82, 2.24) is 25.7 Å². The molecule has 14 nitrogen and oxygen atoms in total. The van der Waals surface area contributed by atoms with E-state index >= 15 is 0 Å². The number of carbonyl (C=O) groups excluding carboxylic acids is 3. The van der Waals surface area contributed by atoms with Crippen LogP contribution in [-0.4, -0.2) is 84.8 Å². The number of nitrogens with one attached hydrogen (secondary N) is 3. The van der Waals surface area contributed by atoms with E-state index in [9.17, 15) is 37.5 Å². The van der Waals surface area contributed by atoms with Crippen molar-refractivity contribution >= 4 is 40.1 Å². The van der Waals surface area contributed by atoms with Crippen molar-refractivity contribution in [3.05, 3.63) is 133 Å². The van der Waals surface area contributed by atoms with Crippen LogP contribution in [0.15, 0.2) is 63.9 Å². The van der Waals surface area contributed by atoms with E-state index in [1.807, 2.05) is 23.3 Å². The van der Waals surface area contributed by atoms with Crippen LogP contribution in [0.4, 0.5) is 24.5 Å². The zero-order valence-corrected chi connectivity index (χ0v) is 45.4. The van der Waals surface area contributed by atoms with E-state index in [2.05, 4.69) is 51.5 Å². The zero-order chi connectivity index (χ0) is 55.4. The van der Waals surface area contributed by atoms with Crippen LogP contribution >= 0.6 is 0 Å². The number of aromatic nitrogens is 2. The number of likely N-dealkylation sites (tertiary alicyclic amines) is 1. The molecule has 1 saturated heterocycles. The van der Waals surface area contributed by atoms with Crippen LogP contribution in [0.25, 0.3) is 33.4 Å². The van der Waals surface area contributed by atoms with Crippen LogP contribution < -0.4 is 35.8 Å². The third-order valence-electron chi connectivity index (χ3n) is 16.0. The van der Waals surface area contributed by atoms with Crippen molar-refractivity contribution in [1.29, 1.82) is 0 Å². The first-order chi connectivity index (χ1) is 38.2. The summed E-state index contributed by atoms with van der Waals surface area (Å²) in [5, 5.41) is 25.5. The minimum absolute atomic E-state index is 0.00816. The van der Waals surface area contributed by atoms with Crippen molar-refractivity contribution in [2.75, 3.05) is 55.6 Å². The number of halogens is 3. The fraction of sp³-hybridized carbons (Fsp3) is 0.443. The van der Waals surface area contributed by atoms with Crippen LogP contribution in [0.3, 0.4) is 0 Å². The van der Waals surface area contributed by atoms with E-state index in [4.69, 9.17) is 24.2 Å². The van der Waals surface area contributed by atoms with Gasteiger partial charge in [-0.2, -0.15) is 18.3 Å². The first kappa shape index (κ1) is 55.8. The first-order valence-corrected chi connectivity index (χ1v) is 28.4. The van der Waals surface area contributed by atoms with Gasteiger partial charge in [-0.25, -0.2) is 5.10 Å². The topological polar surface area (TPSA) is 176 Å². The molecule has 18 heteroatoms. The summed E-state index contributed by atoms with van der Waals surface area (Å²) in [5.41, 5.74) is 7.32. The molecule has 1 aromatic heterocycles. The molecule has 3 N–H and O–H groups in total. The second-order valence-corrected chi connectivity index (χ2v) is 21.9. The second-order valence-electron chi connectivity index (χ2n) is 21.4. The number of carbonyl (C=O) groups is 3. The van der Waals surface area contributed by atoms with Crippen LogP contribution in [0.5, 0.6) is 5.75 Å². The average molecular weight is 1130 g/mol. The maximum atomic E-state index is 13.9. The summed E-state index contributed by atoms with van der Waals surface area (Å²) in [6.07, 6.45) is 9.07. The van der Waals surface area contributed by atoms with E-state index in [-0.39, 0.29) is 48.8 Å². The molecular formula is C61H67F3N7NiO7-3. The van der Waals surface area contributed by atoms with Gasteiger partial charge in [-0.3, -0.25) is 14.5 Å². The zero-order valence-electron chi connectivity index (χ0n) is 44.5. The molecule has 0 radical (unpaired) electrons. The third-order valence-corrected chi connectivity index (χ3v) is 16.6. The van der Waals surface area contributed by atoms with Crippen molar-refractivity contribution in [2.24, 2.45) is 0 Å². The molecule has 0 saturated carbocycles. The molecule has 0 unspecified atom stereocenters. The molecule has 79 heavy (non-hydrogen) atoms. The summed E-state index contributed by atoms with van der Waals surface area (Å²) in [4.78, 5) is 58.1. The third kappa shape index (κ3) is 12.2. The quantitative estimate of drug-likeness (QED) is 0.0288. The summed E-state index contributed by atoms with van der Waals surface area (Å²) in [6.45, 7) is 13.2. The number of alkyl halides is 3. The Morgan fingerprint density at radius 3 is 2.37 bits per heavy atom. The molecule has 5 aliphatic heterocycles. The molecule has 10 rings (SSSR count). The Bertz CT molecular complexity index is 3350. The van der Waals surface area contributed by atoms with E-state index in [1.54, 1.807) is 12.1 Å². The number of fused-ring (bicyclic) bond motifs is 4. The Balaban J connectivity index is 0.724. The summed E-state index contributed by atoms with van der Waals surface area (Å²) in [6, 6.07) is 14.5. The van der Waals surface area contributed by atoms with Crippen LogP contribution in [0.1, 0.15) is 137 Å². The molecule has 0 bridgehead atoms. The van der Waals surface area contributed by atoms with Crippen molar-refractivity contribution in [3.8, 4) is 28.2 Å². The van der Waals surface area contributed by atoms with E-state index in [1.165, 1.54) is 22.2 Å². The molecule has 6 heterocycles. The Labute approximate surface area is 465 Å². The normalized spacial score (nSPS) is 15.8. The van der Waals surface area contributed by atoms with Gasteiger partial charge in [0.1, 0.15) is 17.4 Å². The number of anilines is 2. The van der Waals surface area contributed by atoms with Gasteiger partial charge in [0.25, 0.3) is 5.56 Å². The second kappa shape index (κ2) is 24.5. The van der Waals surface area contributed by atoms with Crippen molar-refractivity contribution in [2.45, 2.75) is 128 Å². The Hall–Kier alpha value is -6.52. The predicted octanol–water partition coefficient (Wildman–Crippen LogP) is 9.23. The number of aryl methyl sites for hydroxylation is 3. The number of piperidine rings is 1. The maximum absolute atomic E-state index is 13.9. The summed E-state index contributed by atoms with van der Waals surface area (Å²) in [5.74, 6) is -0.431. The number of hydrogen-bond donors (Lipinski definition) is 3. The number of carboxylic acid groups (broad SMARTS) is 1. The Kier molecular flexibility index (Phi) is 17.3. The average Bonchev–Trinajstić information content (AvgIpc) is 3.78. The van der Waals surface area contributed by atoms with Gasteiger partial charge in [0, 0.05) is 32.7 Å². The molecule has 1 fully saturated rings. The number of amides is 2. The van der Waals surface area contributed by atoms with Gasteiger partial charge in [0.05, 0.1) is 18.4 Å². The van der Waals surface area contributed by atoms with Gasteiger partial charge in [-0.15, -0.1) is 0 Å². The number of ether oxygens (including phenoxy) is 1. The van der Waals surface area contributed by atoms with E-state index in [0.29, 0.717) is 80.1 Å². The standard InChI is InChI=1S/C61H68F3N7O7.Ni/c1-3-5-14-38-29-40(13-4-2)56-49(30-38)53(50-32-39-15-8-11-25-70-26-12-16-47(55(39)70)57(50)78-56)48-33-41(18-20-46(48)60(75)76)58(73)66-24-10-7-6-9-23-65-52(72)37-69-27-21-44(22-28-69)77-45-19-17-42-35-71(36-43(42)31-45)51-34-67-68-59(74)54(51)61(62,63)64;/h17-20,30-34,44H,1-16,21-28,35-37H2,(H,65,72)(H,66,73)(H,68,74)(H,75,76);/q-2;/p-1. The number of rotatable bonds is 20. The fourth-order valence-electron chi connectivity index (χ4n) is 12.1. The predicted molar refractivity (Wildman–Crippen MR) is 291 cm³/mol. The molecule has 6 aliphatic rings. The fourth-order valence-corrected chi connectivity index (χ4v) is 12.6. The van der Waals surface area contributed by atoms with Crippen LogP contribution in [-0.2, 0) is 64.8 Å². The van der Waals surface area contributed by atoms with Gasteiger partial charge >= 0.3 is 273 Å². The Morgan fingerprint density at radius 1 is 0.835 bits per heavy atom. The van der Waals surface area contributed by atoms with Crippen LogP contribution in [0.2, 0.25) is 0 Å². The summed E-state index contributed by atoms with van der Waals surface area (Å²) < 4.78 is 55.4. The van der Waals surface area contributed by atoms with Crippen LogP contribution in [0, 0.1) is 18.0 Å². The molecule has 422 valence electrons. The van der Waals surface area contributed by atoms with Gasteiger partial charge < -0.3 is 15.0 Å². The molecule has 3 aromatic carbocycles. The summed E-state index contributed by atoms with van der Waals surface area (Å²) in [7, 11) is 0. The molecule has 2 amide bonds. The number of carboxylic acids is 1. The van der Waals surface area contributed by atoms with Crippen molar-refractivity contribution < 1.29 is 56.8 Å². The Morgan fingerprint density at radius 2 is 1.61 bits per heavy atom. The van der Waals surface area contributed by atoms with Crippen molar-refractivity contribution in [3.63, 3.8) is 0 Å². The van der Waals surface area contributed by atoms with Gasteiger partial charge in [0.15, 0.2) is 0 Å². The number of benzene rings is 4. The number of unbranched alkanes of at least 4 members (excludes halogenated alkanes) is 4. The minimum atomic E-state index is -4.83. The van der Waals surface area contributed by atoms with Gasteiger partial charge in [-0.05, 0) is 42.5 Å². The summed E-state index contributed by atoms with van der Waals surface area (Å²) >= 11 is 5.75. The molecule has 4 aromatic rings. The molecule has 0 spiro atoms. The monoisotopic (exact) mass is 1120 g/mol. The van der Waals surface area contributed by atoms with E-state index < -0.39 is 23.3 Å². The first-order valence-electron chi connectivity index (χ1n) is 27.9.